The molecule has 0 aliphatic carbocycles. The fourth-order valence-electron chi connectivity index (χ4n) is 3.60. The second kappa shape index (κ2) is 10.8. The number of rotatable bonds is 3. The van der Waals surface area contributed by atoms with Crippen molar-refractivity contribution in [3.63, 3.8) is 0 Å². The number of ether oxygens (including phenoxy) is 1. The summed E-state index contributed by atoms with van der Waals surface area (Å²) in [5.74, 6) is 1.24. The van der Waals surface area contributed by atoms with Gasteiger partial charge >= 0.3 is 0 Å². The SMILES string of the molecule is O=C(CCn1ccnc1)N1CCCCCCCc2ccccc2OCCC1. The van der Waals surface area contributed by atoms with Crippen LogP contribution in [0.4, 0.5) is 0 Å². The molecule has 0 radical (unpaired) electrons. The fourth-order valence-corrected chi connectivity index (χ4v) is 3.60. The molecule has 3 rings (SSSR count). The molecule has 1 amide bonds. The van der Waals surface area contributed by atoms with E-state index in [2.05, 4.69) is 23.2 Å². The number of aromatic nitrogens is 2. The number of imidazole rings is 1. The van der Waals surface area contributed by atoms with Crippen molar-refractivity contribution in [1.29, 1.82) is 0 Å². The summed E-state index contributed by atoms with van der Waals surface area (Å²) in [4.78, 5) is 18.7. The van der Waals surface area contributed by atoms with E-state index >= 15 is 0 Å². The molecule has 1 aromatic carbocycles. The normalized spacial score (nSPS) is 16.8. The molecule has 146 valence electrons. The predicted octanol–water partition coefficient (Wildman–Crippen LogP) is 4.08. The first-order valence-electron chi connectivity index (χ1n) is 10.3. The summed E-state index contributed by atoms with van der Waals surface area (Å²) in [6.45, 7) is 2.98. The van der Waals surface area contributed by atoms with Crippen LogP contribution in [-0.4, -0.2) is 40.1 Å². The Labute approximate surface area is 162 Å². The van der Waals surface area contributed by atoms with E-state index < -0.39 is 0 Å². The molecule has 0 atom stereocenters. The van der Waals surface area contributed by atoms with Crippen LogP contribution in [0, 0.1) is 0 Å². The van der Waals surface area contributed by atoms with E-state index in [1.54, 1.807) is 12.5 Å². The van der Waals surface area contributed by atoms with Crippen LogP contribution in [-0.2, 0) is 17.8 Å². The van der Waals surface area contributed by atoms with Gasteiger partial charge < -0.3 is 14.2 Å². The van der Waals surface area contributed by atoms with E-state index in [-0.39, 0.29) is 5.91 Å². The molecule has 5 heteroatoms. The zero-order chi connectivity index (χ0) is 18.7. The second-order valence-electron chi connectivity index (χ2n) is 7.26. The highest BCUT2D eigenvalue weighted by Gasteiger charge is 2.14. The summed E-state index contributed by atoms with van der Waals surface area (Å²) in [6.07, 6.45) is 13.9. The van der Waals surface area contributed by atoms with Crippen LogP contribution >= 0.6 is 0 Å². The molecule has 0 unspecified atom stereocenters. The largest absolute Gasteiger partial charge is 0.493 e. The molecule has 0 N–H and O–H groups in total. The van der Waals surface area contributed by atoms with Gasteiger partial charge in [0.15, 0.2) is 0 Å². The zero-order valence-electron chi connectivity index (χ0n) is 16.2. The predicted molar refractivity (Wildman–Crippen MR) is 107 cm³/mol. The Morgan fingerprint density at radius 1 is 1.04 bits per heavy atom. The summed E-state index contributed by atoms with van der Waals surface area (Å²) in [5.41, 5.74) is 1.31. The molecule has 1 aromatic heterocycles. The quantitative estimate of drug-likeness (QED) is 0.819. The zero-order valence-corrected chi connectivity index (χ0v) is 16.2. The minimum atomic E-state index is 0.233. The number of benzene rings is 1. The summed E-state index contributed by atoms with van der Waals surface area (Å²) in [7, 11) is 0. The highest BCUT2D eigenvalue weighted by Crippen LogP contribution is 2.21. The lowest BCUT2D eigenvalue weighted by molar-refractivity contribution is -0.131. The van der Waals surface area contributed by atoms with E-state index in [0.717, 1.165) is 38.1 Å². The minimum Gasteiger partial charge on any atom is -0.493 e. The summed E-state index contributed by atoms with van der Waals surface area (Å²) < 4.78 is 7.99. The average Bonchev–Trinajstić information content (AvgIpc) is 3.21. The molecule has 0 fully saturated rings. The van der Waals surface area contributed by atoms with E-state index in [9.17, 15) is 4.79 Å². The van der Waals surface area contributed by atoms with E-state index in [4.69, 9.17) is 4.74 Å². The third-order valence-corrected chi connectivity index (χ3v) is 5.17. The number of hydrogen-bond acceptors (Lipinski definition) is 3. The lowest BCUT2D eigenvalue weighted by Crippen LogP contribution is -2.34. The van der Waals surface area contributed by atoms with E-state index in [1.165, 1.54) is 31.2 Å². The van der Waals surface area contributed by atoms with Crippen LogP contribution in [0.5, 0.6) is 5.75 Å². The van der Waals surface area contributed by atoms with Crippen molar-refractivity contribution < 1.29 is 9.53 Å². The van der Waals surface area contributed by atoms with Crippen molar-refractivity contribution in [1.82, 2.24) is 14.5 Å². The number of fused-ring (bicyclic) bond motifs is 1. The van der Waals surface area contributed by atoms with E-state index in [0.29, 0.717) is 19.6 Å². The molecule has 1 aliphatic heterocycles. The number of carbonyl (C=O) groups is 1. The van der Waals surface area contributed by atoms with Gasteiger partial charge in [-0.1, -0.05) is 37.5 Å². The van der Waals surface area contributed by atoms with Gasteiger partial charge in [-0.25, -0.2) is 4.98 Å². The molecule has 1 aliphatic rings. The number of nitrogens with zero attached hydrogens (tertiary/aromatic N) is 3. The van der Waals surface area contributed by atoms with Crippen molar-refractivity contribution in [3.8, 4) is 5.75 Å². The maximum absolute atomic E-state index is 12.7. The Hall–Kier alpha value is -2.30. The Morgan fingerprint density at radius 2 is 1.85 bits per heavy atom. The van der Waals surface area contributed by atoms with Gasteiger partial charge in [-0.2, -0.15) is 0 Å². The number of amides is 1. The average molecular weight is 370 g/mol. The Morgan fingerprint density at radius 3 is 2.74 bits per heavy atom. The molecule has 0 saturated carbocycles. The van der Waals surface area contributed by atoms with E-state index in [1.807, 2.05) is 21.7 Å². The summed E-state index contributed by atoms with van der Waals surface area (Å²) in [5, 5.41) is 0. The number of para-hydroxylation sites is 1. The van der Waals surface area contributed by atoms with Crippen LogP contribution in [0.2, 0.25) is 0 Å². The Balaban J connectivity index is 1.54. The highest BCUT2D eigenvalue weighted by atomic mass is 16.5. The minimum absolute atomic E-state index is 0.233. The van der Waals surface area contributed by atoms with Gasteiger partial charge in [0.25, 0.3) is 0 Å². The van der Waals surface area contributed by atoms with Crippen LogP contribution in [0.15, 0.2) is 43.0 Å². The molecule has 2 aromatic rings. The Bertz CT molecular complexity index is 685. The molecule has 27 heavy (non-hydrogen) atoms. The molecule has 0 spiro atoms. The first kappa shape index (κ1) is 19.5. The monoisotopic (exact) mass is 369 g/mol. The molecular weight excluding hydrogens is 338 g/mol. The van der Waals surface area contributed by atoms with Gasteiger partial charge in [0.05, 0.1) is 12.9 Å². The molecule has 2 heterocycles. The number of aryl methyl sites for hydroxylation is 2. The fraction of sp³-hybridized carbons (Fsp3) is 0.545. The van der Waals surface area contributed by atoms with Crippen LogP contribution in [0.25, 0.3) is 0 Å². The molecular formula is C22H31N3O2. The van der Waals surface area contributed by atoms with Crippen molar-refractivity contribution in [2.45, 2.75) is 57.9 Å². The number of carbonyl (C=O) groups excluding carboxylic acids is 1. The van der Waals surface area contributed by atoms with Crippen molar-refractivity contribution in [2.75, 3.05) is 19.7 Å². The third kappa shape index (κ3) is 6.42. The topological polar surface area (TPSA) is 47.4 Å². The Kier molecular flexibility index (Phi) is 7.75. The van der Waals surface area contributed by atoms with Gasteiger partial charge in [0.2, 0.25) is 5.91 Å². The van der Waals surface area contributed by atoms with Crippen LogP contribution in [0.3, 0.4) is 0 Å². The molecule has 5 nitrogen and oxygen atoms in total. The smallest absolute Gasteiger partial charge is 0.224 e. The number of hydrogen-bond donors (Lipinski definition) is 0. The van der Waals surface area contributed by atoms with Gasteiger partial charge in [0.1, 0.15) is 5.75 Å². The van der Waals surface area contributed by atoms with Gasteiger partial charge in [-0.3, -0.25) is 4.79 Å². The third-order valence-electron chi connectivity index (χ3n) is 5.17. The van der Waals surface area contributed by atoms with Crippen LogP contribution in [0.1, 0.15) is 50.5 Å². The summed E-state index contributed by atoms with van der Waals surface area (Å²) in [6, 6.07) is 8.36. The standard InChI is InChI=1S/C22H31N3O2/c26-22(12-16-24-17-13-23-19-24)25-14-7-3-1-2-4-9-20-10-5-6-11-21(20)27-18-8-15-25/h5-6,10-11,13,17,19H,1-4,7-9,12,14-16,18H2. The van der Waals surface area contributed by atoms with Gasteiger partial charge in [-0.15, -0.1) is 0 Å². The molecule has 0 bridgehead atoms. The lowest BCUT2D eigenvalue weighted by atomic mass is 10.0. The van der Waals surface area contributed by atoms with Crippen LogP contribution < -0.4 is 4.74 Å². The van der Waals surface area contributed by atoms with Gasteiger partial charge in [0, 0.05) is 38.4 Å². The maximum atomic E-state index is 12.7. The first-order chi connectivity index (χ1) is 13.3. The highest BCUT2D eigenvalue weighted by molar-refractivity contribution is 5.76. The molecule has 0 saturated heterocycles. The van der Waals surface area contributed by atoms with Crippen molar-refractivity contribution in [2.24, 2.45) is 0 Å². The summed E-state index contributed by atoms with van der Waals surface area (Å²) >= 11 is 0. The van der Waals surface area contributed by atoms with Crippen molar-refractivity contribution in [3.05, 3.63) is 48.5 Å². The van der Waals surface area contributed by atoms with Crippen molar-refractivity contribution >= 4 is 5.91 Å². The maximum Gasteiger partial charge on any atom is 0.224 e. The first-order valence-corrected chi connectivity index (χ1v) is 10.3. The van der Waals surface area contributed by atoms with Gasteiger partial charge in [-0.05, 0) is 37.3 Å². The lowest BCUT2D eigenvalue weighted by Gasteiger charge is -2.23. The second-order valence-corrected chi connectivity index (χ2v) is 7.26.